The molecule has 3 aromatic rings. The lowest BCUT2D eigenvalue weighted by Gasteiger charge is -2.35. The van der Waals surface area contributed by atoms with Crippen molar-refractivity contribution in [1.82, 2.24) is 5.32 Å². The topological polar surface area (TPSA) is 76.7 Å². The summed E-state index contributed by atoms with van der Waals surface area (Å²) >= 11 is 0. The van der Waals surface area contributed by atoms with Gasteiger partial charge in [0.15, 0.2) is 5.78 Å². The number of halogens is 3. The lowest BCUT2D eigenvalue weighted by Crippen LogP contribution is -2.43. The Morgan fingerprint density at radius 1 is 0.946 bits per heavy atom. The molecule has 1 aliphatic heterocycles. The normalized spacial score (nSPS) is 15.4. The average Bonchev–Trinajstić information content (AvgIpc) is 2.83. The molecule has 1 heterocycles. The van der Waals surface area contributed by atoms with Crippen LogP contribution in [0.1, 0.15) is 45.7 Å². The Kier molecular flexibility index (Phi) is 6.98. The molecule has 0 saturated heterocycles. The van der Waals surface area contributed by atoms with Crippen LogP contribution in [0.15, 0.2) is 72.8 Å². The lowest BCUT2D eigenvalue weighted by atomic mass is 9.85. The average molecular weight is 511 g/mol. The summed E-state index contributed by atoms with van der Waals surface area (Å²) in [5.41, 5.74) is 3.48. The van der Waals surface area contributed by atoms with Gasteiger partial charge in [0.2, 0.25) is 0 Å². The first-order valence-corrected chi connectivity index (χ1v) is 11.4. The molecule has 9 heteroatoms. The first kappa shape index (κ1) is 25.8. The first-order chi connectivity index (χ1) is 17.4. The molecule has 0 aliphatic carbocycles. The highest BCUT2D eigenvalue weighted by Gasteiger charge is 2.31. The summed E-state index contributed by atoms with van der Waals surface area (Å²) in [4.78, 5) is 25.5. The number of rotatable bonds is 6. The van der Waals surface area contributed by atoms with Crippen molar-refractivity contribution in [3.63, 3.8) is 0 Å². The van der Waals surface area contributed by atoms with E-state index in [-0.39, 0.29) is 16.9 Å². The molecule has 192 valence electrons. The maximum atomic E-state index is 13.0. The van der Waals surface area contributed by atoms with E-state index in [0.29, 0.717) is 22.7 Å². The second-order valence-electron chi connectivity index (χ2n) is 9.23. The van der Waals surface area contributed by atoms with E-state index >= 15 is 0 Å². The van der Waals surface area contributed by atoms with Crippen molar-refractivity contribution in [3.8, 4) is 11.5 Å². The van der Waals surface area contributed by atoms with Crippen LogP contribution in [-0.2, 0) is 6.42 Å². The van der Waals surface area contributed by atoms with E-state index in [1.165, 1.54) is 12.1 Å². The number of amides is 1. The molecule has 0 radical (unpaired) electrons. The number of fused-ring (bicyclic) bond motifs is 1. The van der Waals surface area contributed by atoms with E-state index in [1.807, 2.05) is 18.2 Å². The maximum Gasteiger partial charge on any atom is 0.573 e. The summed E-state index contributed by atoms with van der Waals surface area (Å²) in [5.74, 6) is -0.454. The van der Waals surface area contributed by atoms with E-state index in [1.54, 1.807) is 37.5 Å². The van der Waals surface area contributed by atoms with Gasteiger partial charge in [-0.1, -0.05) is 6.07 Å². The minimum atomic E-state index is -4.81. The smallest absolute Gasteiger partial charge is 0.497 e. The van der Waals surface area contributed by atoms with Crippen LogP contribution in [0, 0.1) is 0 Å². The number of ketones is 1. The van der Waals surface area contributed by atoms with Crippen LogP contribution in [0.4, 0.5) is 18.9 Å². The minimum absolute atomic E-state index is 0.152. The summed E-state index contributed by atoms with van der Waals surface area (Å²) in [5, 5.41) is 6.08. The predicted octanol–water partition coefficient (Wildman–Crippen LogP) is 5.99. The number of benzene rings is 3. The van der Waals surface area contributed by atoms with E-state index in [2.05, 4.69) is 29.2 Å². The summed E-state index contributed by atoms with van der Waals surface area (Å²) < 4.78 is 46.1. The Hall–Kier alpha value is -4.27. The third-order valence-corrected chi connectivity index (χ3v) is 5.77. The van der Waals surface area contributed by atoms with Crippen LogP contribution < -0.4 is 20.1 Å². The van der Waals surface area contributed by atoms with Crippen molar-refractivity contribution >= 4 is 23.1 Å². The van der Waals surface area contributed by atoms with Crippen molar-refractivity contribution in [2.75, 3.05) is 12.4 Å². The van der Waals surface area contributed by atoms with Gasteiger partial charge in [0.05, 0.1) is 7.11 Å². The van der Waals surface area contributed by atoms with Crippen molar-refractivity contribution in [1.29, 1.82) is 0 Å². The Bertz CT molecular complexity index is 1350. The zero-order valence-corrected chi connectivity index (χ0v) is 20.4. The molecule has 37 heavy (non-hydrogen) atoms. The Balaban J connectivity index is 1.47. The van der Waals surface area contributed by atoms with Gasteiger partial charge in [-0.25, -0.2) is 0 Å². The second-order valence-corrected chi connectivity index (χ2v) is 9.23. The Labute approximate surface area is 212 Å². The van der Waals surface area contributed by atoms with Crippen LogP contribution in [0.25, 0.3) is 5.70 Å². The highest BCUT2D eigenvalue weighted by Crippen LogP contribution is 2.32. The largest absolute Gasteiger partial charge is 0.573 e. The number of allylic oxidation sites excluding steroid dienone is 1. The molecule has 0 atom stereocenters. The fourth-order valence-corrected chi connectivity index (χ4v) is 4.10. The fraction of sp³-hybridized carbons (Fsp3) is 0.214. The molecular weight excluding hydrogens is 485 g/mol. The van der Waals surface area contributed by atoms with Crippen LogP contribution >= 0.6 is 0 Å². The predicted molar refractivity (Wildman–Crippen MR) is 134 cm³/mol. The van der Waals surface area contributed by atoms with E-state index in [4.69, 9.17) is 4.74 Å². The highest BCUT2D eigenvalue weighted by atomic mass is 19.4. The van der Waals surface area contributed by atoms with Gasteiger partial charge >= 0.3 is 6.36 Å². The quantitative estimate of drug-likeness (QED) is 0.315. The molecule has 0 fully saturated rings. The number of carbonyl (C=O) groups excluding carboxylic acids is 2. The van der Waals surface area contributed by atoms with Gasteiger partial charge < -0.3 is 20.1 Å². The monoisotopic (exact) mass is 510 g/mol. The Morgan fingerprint density at radius 2 is 1.57 bits per heavy atom. The highest BCUT2D eigenvalue weighted by molar-refractivity contribution is 6.09. The van der Waals surface area contributed by atoms with Crippen molar-refractivity contribution in [2.24, 2.45) is 0 Å². The number of nitrogens with one attached hydrogen (secondary N) is 2. The number of hydrogen-bond acceptors (Lipinski definition) is 5. The van der Waals surface area contributed by atoms with Crippen molar-refractivity contribution in [3.05, 3.63) is 95.1 Å². The zero-order chi connectivity index (χ0) is 26.8. The summed E-state index contributed by atoms with van der Waals surface area (Å²) in [7, 11) is 1.59. The molecule has 1 aliphatic rings. The summed E-state index contributed by atoms with van der Waals surface area (Å²) in [6, 6.07) is 16.7. The van der Waals surface area contributed by atoms with Crippen LogP contribution in [0.3, 0.4) is 0 Å². The molecule has 0 bridgehead atoms. The fourth-order valence-electron chi connectivity index (χ4n) is 4.10. The third kappa shape index (κ3) is 6.49. The van der Waals surface area contributed by atoms with E-state index < -0.39 is 18.0 Å². The minimum Gasteiger partial charge on any atom is -0.497 e. The molecule has 4 rings (SSSR count). The van der Waals surface area contributed by atoms with Crippen LogP contribution in [0.2, 0.25) is 0 Å². The molecule has 0 spiro atoms. The van der Waals surface area contributed by atoms with Gasteiger partial charge in [-0.2, -0.15) is 0 Å². The number of methoxy groups -OCH3 is 1. The number of anilines is 1. The Morgan fingerprint density at radius 3 is 2.19 bits per heavy atom. The van der Waals surface area contributed by atoms with Gasteiger partial charge in [-0.15, -0.1) is 13.2 Å². The summed E-state index contributed by atoms with van der Waals surface area (Å²) in [6.45, 7) is 4.12. The van der Waals surface area contributed by atoms with E-state index in [0.717, 1.165) is 29.7 Å². The number of carbonyl (C=O) groups is 2. The summed E-state index contributed by atoms with van der Waals surface area (Å²) in [6.07, 6.45) is -2.46. The van der Waals surface area contributed by atoms with Crippen LogP contribution in [-0.4, -0.2) is 30.7 Å². The number of ether oxygens (including phenoxy) is 2. The van der Waals surface area contributed by atoms with Gasteiger partial charge in [0, 0.05) is 39.7 Å². The molecule has 2 N–H and O–H groups in total. The standard InChI is InChI=1S/C28H25F3N2O4/c1-27(2)16-19-8-13-22(36-3)14-23(19)24(33-27)15-25(34)17-4-9-20(10-5-17)32-26(35)18-6-11-21(12-7-18)37-28(29,30)31/h4-15,33H,16H2,1-3H3,(H,32,35)/b24-15-. The molecule has 0 unspecified atom stereocenters. The van der Waals surface area contributed by atoms with E-state index in [9.17, 15) is 22.8 Å². The molecular formula is C28H25F3N2O4. The molecule has 1 amide bonds. The number of alkyl halides is 3. The molecule has 6 nitrogen and oxygen atoms in total. The maximum absolute atomic E-state index is 13.0. The van der Waals surface area contributed by atoms with Crippen molar-refractivity contribution < 1.29 is 32.2 Å². The molecule has 0 aromatic heterocycles. The molecule has 3 aromatic carbocycles. The van der Waals surface area contributed by atoms with Gasteiger partial charge in [-0.05, 0) is 86.5 Å². The lowest BCUT2D eigenvalue weighted by molar-refractivity contribution is -0.274. The zero-order valence-electron chi connectivity index (χ0n) is 20.4. The first-order valence-electron chi connectivity index (χ1n) is 11.4. The van der Waals surface area contributed by atoms with Crippen LogP contribution in [0.5, 0.6) is 11.5 Å². The molecule has 0 saturated carbocycles. The third-order valence-electron chi connectivity index (χ3n) is 5.77. The van der Waals surface area contributed by atoms with Gasteiger partial charge in [0.1, 0.15) is 11.5 Å². The van der Waals surface area contributed by atoms with Gasteiger partial charge in [-0.3, -0.25) is 9.59 Å². The number of hydrogen-bond donors (Lipinski definition) is 2. The second kappa shape index (κ2) is 10.0. The van der Waals surface area contributed by atoms with Crippen molar-refractivity contribution in [2.45, 2.75) is 32.2 Å². The SMILES string of the molecule is COc1ccc2c(c1)/C(=C/C(=O)c1ccc(NC(=O)c3ccc(OC(F)(F)F)cc3)cc1)NC(C)(C)C2. The van der Waals surface area contributed by atoms with Gasteiger partial charge in [0.25, 0.3) is 5.91 Å².